The zero-order chi connectivity index (χ0) is 21.1. The van der Waals surface area contributed by atoms with Gasteiger partial charge < -0.3 is 15.8 Å². The Bertz CT molecular complexity index is 505. The van der Waals surface area contributed by atoms with Crippen molar-refractivity contribution in [2.45, 2.75) is 91.8 Å². The van der Waals surface area contributed by atoms with E-state index in [1.165, 1.54) is 6.92 Å². The van der Waals surface area contributed by atoms with Crippen LogP contribution >= 0.6 is 0 Å². The number of amides is 3. The van der Waals surface area contributed by atoms with Crippen LogP contribution in [0.3, 0.4) is 0 Å². The van der Waals surface area contributed by atoms with Crippen LogP contribution in [0.1, 0.15) is 73.6 Å². The van der Waals surface area contributed by atoms with Crippen molar-refractivity contribution in [2.24, 2.45) is 17.6 Å². The van der Waals surface area contributed by atoms with E-state index < -0.39 is 35.8 Å². The van der Waals surface area contributed by atoms with Gasteiger partial charge >= 0.3 is 0 Å². The van der Waals surface area contributed by atoms with Crippen LogP contribution in [0.4, 0.5) is 0 Å². The molecule has 0 aromatic carbocycles. The number of nitrogens with two attached hydrogens (primary N) is 1. The van der Waals surface area contributed by atoms with Crippen LogP contribution in [0.15, 0.2) is 0 Å². The monoisotopic (exact) mass is 383 g/mol. The van der Waals surface area contributed by atoms with E-state index in [0.29, 0.717) is 25.5 Å². The lowest BCUT2D eigenvalue weighted by atomic mass is 9.99. The maximum atomic E-state index is 13.1. The summed E-state index contributed by atoms with van der Waals surface area (Å²) in [6, 6.07) is -2.42. The number of hydrogen-bond donors (Lipinski definition) is 2. The molecule has 0 saturated carbocycles. The van der Waals surface area contributed by atoms with Crippen molar-refractivity contribution < 1.29 is 19.2 Å². The zero-order valence-corrected chi connectivity index (χ0v) is 17.7. The van der Waals surface area contributed by atoms with Crippen LogP contribution in [0, 0.1) is 11.8 Å². The summed E-state index contributed by atoms with van der Waals surface area (Å²) in [5.74, 6) is -1.11. The van der Waals surface area contributed by atoms with Gasteiger partial charge in [-0.3, -0.25) is 19.3 Å². The van der Waals surface area contributed by atoms with Gasteiger partial charge in [0.15, 0.2) is 0 Å². The molecule has 0 aliphatic carbocycles. The second kappa shape index (κ2) is 12.6. The number of aldehydes is 1. The van der Waals surface area contributed by atoms with Crippen LogP contribution < -0.4 is 11.1 Å². The van der Waals surface area contributed by atoms with Crippen molar-refractivity contribution in [3.8, 4) is 0 Å². The molecule has 156 valence electrons. The molecule has 0 bridgehead atoms. The summed E-state index contributed by atoms with van der Waals surface area (Å²) in [7, 11) is 0. The molecule has 0 aliphatic heterocycles. The highest BCUT2D eigenvalue weighted by Crippen LogP contribution is 2.14. The number of carbonyl (C=O) groups excluding carboxylic acids is 4. The molecule has 0 aliphatic rings. The molecule has 0 radical (unpaired) electrons. The summed E-state index contributed by atoms with van der Waals surface area (Å²) in [5.41, 5.74) is 5.92. The van der Waals surface area contributed by atoms with Gasteiger partial charge in [-0.1, -0.05) is 47.5 Å². The lowest BCUT2D eigenvalue weighted by Gasteiger charge is -2.31. The van der Waals surface area contributed by atoms with Gasteiger partial charge in [-0.15, -0.1) is 0 Å². The van der Waals surface area contributed by atoms with Gasteiger partial charge in [0.25, 0.3) is 5.91 Å². The summed E-state index contributed by atoms with van der Waals surface area (Å²) in [5, 5.41) is 2.70. The molecule has 3 amide bonds. The average Bonchev–Trinajstić information content (AvgIpc) is 2.55. The van der Waals surface area contributed by atoms with E-state index in [1.54, 1.807) is 0 Å². The lowest BCUT2D eigenvalue weighted by molar-refractivity contribution is -0.151. The van der Waals surface area contributed by atoms with E-state index in [4.69, 9.17) is 5.73 Å². The van der Waals surface area contributed by atoms with Crippen molar-refractivity contribution in [1.29, 1.82) is 0 Å². The fourth-order valence-corrected chi connectivity index (χ4v) is 2.98. The number of hydrogen-bond acceptors (Lipinski definition) is 5. The van der Waals surface area contributed by atoms with Crippen molar-refractivity contribution in [2.75, 3.05) is 0 Å². The molecule has 0 spiro atoms. The van der Waals surface area contributed by atoms with Crippen molar-refractivity contribution in [3.63, 3.8) is 0 Å². The van der Waals surface area contributed by atoms with Crippen LogP contribution in [0.5, 0.6) is 0 Å². The quantitative estimate of drug-likeness (QED) is 0.501. The molecular weight excluding hydrogens is 346 g/mol. The van der Waals surface area contributed by atoms with Crippen LogP contribution in [0.2, 0.25) is 0 Å². The Kier molecular flexibility index (Phi) is 11.8. The van der Waals surface area contributed by atoms with Gasteiger partial charge in [-0.2, -0.15) is 0 Å². The third-order valence-corrected chi connectivity index (χ3v) is 4.30. The topological polar surface area (TPSA) is 110 Å². The first-order valence-electron chi connectivity index (χ1n) is 9.89. The predicted octanol–water partition coefficient (Wildman–Crippen LogP) is 2.02. The number of nitrogens with one attached hydrogen (secondary N) is 1. The Labute approximate surface area is 163 Å². The fraction of sp³-hybridized carbons (Fsp3) is 0.800. The molecule has 0 aromatic rings. The SMILES string of the molecule is CCCC[C@@H](C=O)N(C(C)=O)C(=O)[C@H](CC(C)C)NC(=O)[C@@H](N)CC(C)C. The number of rotatable bonds is 12. The average molecular weight is 384 g/mol. The van der Waals surface area contributed by atoms with E-state index in [9.17, 15) is 19.2 Å². The first-order valence-corrected chi connectivity index (χ1v) is 9.89. The Morgan fingerprint density at radius 2 is 1.63 bits per heavy atom. The summed E-state index contributed by atoms with van der Waals surface area (Å²) in [6.45, 7) is 11.0. The molecule has 0 fully saturated rings. The molecule has 0 rings (SSSR count). The third-order valence-electron chi connectivity index (χ3n) is 4.30. The number of unbranched alkanes of at least 4 members (excludes halogenated alkanes) is 1. The van der Waals surface area contributed by atoms with Crippen molar-refractivity contribution in [1.82, 2.24) is 10.2 Å². The maximum Gasteiger partial charge on any atom is 0.252 e. The van der Waals surface area contributed by atoms with Crippen molar-refractivity contribution >= 4 is 24.0 Å². The predicted molar refractivity (Wildman–Crippen MR) is 106 cm³/mol. The number of imide groups is 1. The van der Waals surface area contributed by atoms with E-state index in [2.05, 4.69) is 5.32 Å². The van der Waals surface area contributed by atoms with Gasteiger partial charge in [0.05, 0.1) is 12.1 Å². The molecule has 0 unspecified atom stereocenters. The third kappa shape index (κ3) is 9.13. The first kappa shape index (κ1) is 25.2. The maximum absolute atomic E-state index is 13.1. The standard InChI is InChI=1S/C20H37N3O4/c1-7-8-9-16(12-24)23(15(6)25)20(27)18(11-14(4)5)22-19(26)17(21)10-13(2)3/h12-14,16-18H,7-11,21H2,1-6H3,(H,22,26)/t16-,17-,18-/m0/s1. The van der Waals surface area contributed by atoms with E-state index in [-0.39, 0.29) is 11.8 Å². The lowest BCUT2D eigenvalue weighted by Crippen LogP contribution is -2.56. The van der Waals surface area contributed by atoms with Gasteiger partial charge in [0, 0.05) is 6.92 Å². The largest absolute Gasteiger partial charge is 0.343 e. The molecular formula is C20H37N3O4. The number of nitrogens with zero attached hydrogens (tertiary/aromatic N) is 1. The van der Waals surface area contributed by atoms with E-state index in [1.807, 2.05) is 34.6 Å². The molecule has 0 heterocycles. The number of carbonyl (C=O) groups is 4. The second-order valence-electron chi connectivity index (χ2n) is 8.00. The van der Waals surface area contributed by atoms with Crippen molar-refractivity contribution in [3.05, 3.63) is 0 Å². The summed E-state index contributed by atoms with van der Waals surface area (Å²) < 4.78 is 0. The molecule has 0 aromatic heterocycles. The van der Waals surface area contributed by atoms with Gasteiger partial charge in [0.1, 0.15) is 12.3 Å². The van der Waals surface area contributed by atoms with Gasteiger partial charge in [-0.05, 0) is 31.1 Å². The molecule has 7 heteroatoms. The fourth-order valence-electron chi connectivity index (χ4n) is 2.98. The smallest absolute Gasteiger partial charge is 0.252 e. The Morgan fingerprint density at radius 1 is 1.07 bits per heavy atom. The van der Waals surface area contributed by atoms with Gasteiger partial charge in [-0.25, -0.2) is 0 Å². The van der Waals surface area contributed by atoms with Crippen LogP contribution in [-0.4, -0.2) is 47.0 Å². The van der Waals surface area contributed by atoms with Crippen LogP contribution in [0.25, 0.3) is 0 Å². The highest BCUT2D eigenvalue weighted by atomic mass is 16.2. The van der Waals surface area contributed by atoms with Gasteiger partial charge in [0.2, 0.25) is 11.8 Å². The Morgan fingerprint density at radius 3 is 2.04 bits per heavy atom. The molecule has 7 nitrogen and oxygen atoms in total. The first-order chi connectivity index (χ1) is 12.5. The van der Waals surface area contributed by atoms with E-state index in [0.717, 1.165) is 17.7 Å². The molecule has 27 heavy (non-hydrogen) atoms. The molecule has 0 saturated heterocycles. The second-order valence-corrected chi connectivity index (χ2v) is 8.00. The Hall–Kier alpha value is -1.76. The summed E-state index contributed by atoms with van der Waals surface area (Å²) in [4.78, 5) is 50.1. The highest BCUT2D eigenvalue weighted by molar-refractivity contribution is 6.01. The molecule has 3 atom stereocenters. The summed E-state index contributed by atoms with van der Waals surface area (Å²) in [6.07, 6.45) is 3.48. The highest BCUT2D eigenvalue weighted by Gasteiger charge is 2.34. The minimum Gasteiger partial charge on any atom is -0.343 e. The molecule has 3 N–H and O–H groups in total. The minimum absolute atomic E-state index is 0.111. The van der Waals surface area contributed by atoms with E-state index >= 15 is 0 Å². The Balaban J connectivity index is 5.48. The zero-order valence-electron chi connectivity index (χ0n) is 17.7. The van der Waals surface area contributed by atoms with Crippen LogP contribution in [-0.2, 0) is 19.2 Å². The summed E-state index contributed by atoms with van der Waals surface area (Å²) >= 11 is 0. The normalized spacial score (nSPS) is 14.6. The minimum atomic E-state index is -0.885.